The molecule has 0 atom stereocenters. The molecule has 0 aliphatic carbocycles. The highest BCUT2D eigenvalue weighted by Crippen LogP contribution is 1.99. The average Bonchev–Trinajstić information content (AvgIpc) is 2.50. The number of carbonyl (C=O) groups is 1. The number of benzene rings is 1. The van der Waals surface area contributed by atoms with E-state index >= 15 is 0 Å². The van der Waals surface area contributed by atoms with Crippen LogP contribution in [0.3, 0.4) is 0 Å². The second-order valence-corrected chi connectivity index (χ2v) is 3.86. The summed E-state index contributed by atoms with van der Waals surface area (Å²) in [7, 11) is -0.324. The molecule has 1 rings (SSSR count). The topological polar surface area (TPSA) is 35.5 Å². The van der Waals surface area contributed by atoms with Crippen LogP contribution in [0.15, 0.2) is 24.3 Å². The van der Waals surface area contributed by atoms with Crippen molar-refractivity contribution in [2.45, 2.75) is 40.5 Å². The zero-order valence-corrected chi connectivity index (χ0v) is 12.5. The van der Waals surface area contributed by atoms with Crippen molar-refractivity contribution in [3.05, 3.63) is 29.8 Å². The maximum atomic E-state index is 10.6. The van der Waals surface area contributed by atoms with Gasteiger partial charge in [0.25, 0.3) is 0 Å². The Morgan fingerprint density at radius 1 is 1.00 bits per heavy atom. The van der Waals surface area contributed by atoms with Crippen molar-refractivity contribution in [2.75, 3.05) is 13.2 Å². The van der Waals surface area contributed by atoms with Gasteiger partial charge in [-0.25, -0.2) is 0 Å². The number of hydrogen-bond acceptors (Lipinski definition) is 3. The Labute approximate surface area is 117 Å². The van der Waals surface area contributed by atoms with Crippen LogP contribution in [0.1, 0.15) is 50.9 Å². The standard InChI is InChI=1S/C13H19BO3.C2H6/c1-3-9-16-14(17-10-4-2)13-7-5-12(11-15)6-8-13;1-2/h5-8,11H,3-4,9-10H2,1-2H3;1-2H3. The molecular weight excluding hydrogens is 239 g/mol. The van der Waals surface area contributed by atoms with Crippen LogP contribution in [-0.4, -0.2) is 26.6 Å². The van der Waals surface area contributed by atoms with Gasteiger partial charge in [-0.3, -0.25) is 4.79 Å². The Bertz CT molecular complexity index is 317. The van der Waals surface area contributed by atoms with E-state index < -0.39 is 0 Å². The summed E-state index contributed by atoms with van der Waals surface area (Å²) in [6, 6.07) is 7.30. The zero-order chi connectivity index (χ0) is 14.5. The largest absolute Gasteiger partial charge is 0.493 e. The summed E-state index contributed by atoms with van der Waals surface area (Å²) in [5.74, 6) is 0. The fraction of sp³-hybridized carbons (Fsp3) is 0.533. The van der Waals surface area contributed by atoms with Crippen molar-refractivity contribution >= 4 is 18.9 Å². The van der Waals surface area contributed by atoms with Crippen LogP contribution < -0.4 is 5.46 Å². The lowest BCUT2D eigenvalue weighted by molar-refractivity contribution is 0.112. The fourth-order valence-electron chi connectivity index (χ4n) is 1.42. The van der Waals surface area contributed by atoms with E-state index in [9.17, 15) is 4.79 Å². The normalized spacial score (nSPS) is 9.47. The van der Waals surface area contributed by atoms with E-state index in [1.807, 2.05) is 26.0 Å². The van der Waals surface area contributed by atoms with E-state index in [-0.39, 0.29) is 7.12 Å². The molecular formula is C15H25BO3. The molecule has 0 aromatic heterocycles. The number of aldehydes is 1. The maximum Gasteiger partial charge on any atom is 0.493 e. The second kappa shape index (κ2) is 11.9. The number of hydrogen-bond donors (Lipinski definition) is 0. The first kappa shape index (κ1) is 17.9. The van der Waals surface area contributed by atoms with E-state index in [1.165, 1.54) is 0 Å². The minimum Gasteiger partial charge on any atom is -0.407 e. The van der Waals surface area contributed by atoms with Gasteiger partial charge in [-0.05, 0) is 18.3 Å². The van der Waals surface area contributed by atoms with E-state index in [0.717, 1.165) is 24.6 Å². The third kappa shape index (κ3) is 7.14. The molecule has 0 unspecified atom stereocenters. The molecule has 106 valence electrons. The molecule has 0 amide bonds. The maximum absolute atomic E-state index is 10.6. The Kier molecular flexibility index (Phi) is 11.2. The predicted molar refractivity (Wildman–Crippen MR) is 81.1 cm³/mol. The summed E-state index contributed by atoms with van der Waals surface area (Å²) >= 11 is 0. The Morgan fingerprint density at radius 3 is 1.84 bits per heavy atom. The van der Waals surface area contributed by atoms with E-state index in [2.05, 4.69) is 13.8 Å². The molecule has 0 spiro atoms. The molecule has 0 heterocycles. The van der Waals surface area contributed by atoms with Gasteiger partial charge in [-0.1, -0.05) is 52.0 Å². The lowest BCUT2D eigenvalue weighted by Gasteiger charge is -2.14. The molecule has 0 saturated carbocycles. The van der Waals surface area contributed by atoms with E-state index in [4.69, 9.17) is 9.31 Å². The first-order valence-corrected chi connectivity index (χ1v) is 7.10. The molecule has 1 aromatic rings. The smallest absolute Gasteiger partial charge is 0.407 e. The second-order valence-electron chi connectivity index (χ2n) is 3.86. The Balaban J connectivity index is 0.00000154. The third-order valence-electron chi connectivity index (χ3n) is 2.29. The van der Waals surface area contributed by atoms with Crippen LogP contribution in [0.25, 0.3) is 0 Å². The van der Waals surface area contributed by atoms with Gasteiger partial charge in [0.1, 0.15) is 6.29 Å². The van der Waals surface area contributed by atoms with Crippen molar-refractivity contribution in [3.8, 4) is 0 Å². The highest BCUT2D eigenvalue weighted by Gasteiger charge is 2.20. The van der Waals surface area contributed by atoms with Crippen LogP contribution in [0.5, 0.6) is 0 Å². The van der Waals surface area contributed by atoms with Crippen molar-refractivity contribution in [3.63, 3.8) is 0 Å². The van der Waals surface area contributed by atoms with Crippen molar-refractivity contribution in [1.82, 2.24) is 0 Å². The minimum absolute atomic E-state index is 0.324. The predicted octanol–water partition coefficient (Wildman–Crippen LogP) is 3.07. The molecule has 1 aromatic carbocycles. The van der Waals surface area contributed by atoms with Crippen molar-refractivity contribution < 1.29 is 14.1 Å². The van der Waals surface area contributed by atoms with E-state index in [1.54, 1.807) is 12.1 Å². The summed E-state index contributed by atoms with van der Waals surface area (Å²) in [4.78, 5) is 10.6. The number of carbonyl (C=O) groups excluding carboxylic acids is 1. The first-order chi connectivity index (χ1) is 9.31. The molecule has 0 bridgehead atoms. The molecule has 0 fully saturated rings. The van der Waals surface area contributed by atoms with Crippen LogP contribution in [0, 0.1) is 0 Å². The minimum atomic E-state index is -0.324. The van der Waals surface area contributed by atoms with Gasteiger partial charge in [-0.2, -0.15) is 0 Å². The van der Waals surface area contributed by atoms with Gasteiger partial charge in [-0.15, -0.1) is 0 Å². The zero-order valence-electron chi connectivity index (χ0n) is 12.5. The molecule has 0 saturated heterocycles. The van der Waals surface area contributed by atoms with Gasteiger partial charge in [0.2, 0.25) is 0 Å². The summed E-state index contributed by atoms with van der Waals surface area (Å²) in [5.41, 5.74) is 1.62. The SMILES string of the molecule is CC.CCCOB(OCCC)c1ccc(C=O)cc1. The molecule has 19 heavy (non-hydrogen) atoms. The van der Waals surface area contributed by atoms with Gasteiger partial charge in [0.05, 0.1) is 0 Å². The van der Waals surface area contributed by atoms with Crippen LogP contribution in [0.2, 0.25) is 0 Å². The third-order valence-corrected chi connectivity index (χ3v) is 2.29. The van der Waals surface area contributed by atoms with Crippen LogP contribution >= 0.6 is 0 Å². The van der Waals surface area contributed by atoms with Gasteiger partial charge < -0.3 is 9.31 Å². The Hall–Kier alpha value is -1.13. The molecule has 0 aliphatic rings. The van der Waals surface area contributed by atoms with E-state index in [0.29, 0.717) is 18.8 Å². The summed E-state index contributed by atoms with van der Waals surface area (Å²) < 4.78 is 11.3. The Morgan fingerprint density at radius 2 is 1.47 bits per heavy atom. The van der Waals surface area contributed by atoms with Crippen molar-refractivity contribution in [2.24, 2.45) is 0 Å². The van der Waals surface area contributed by atoms with Crippen LogP contribution in [0.4, 0.5) is 0 Å². The van der Waals surface area contributed by atoms with Crippen LogP contribution in [-0.2, 0) is 9.31 Å². The number of rotatable bonds is 8. The van der Waals surface area contributed by atoms with Gasteiger partial charge >= 0.3 is 7.12 Å². The molecule has 0 radical (unpaired) electrons. The summed E-state index contributed by atoms with van der Waals surface area (Å²) in [6.45, 7) is 9.46. The lowest BCUT2D eigenvalue weighted by atomic mass is 9.78. The summed E-state index contributed by atoms with van der Waals surface area (Å²) in [5, 5.41) is 0. The summed E-state index contributed by atoms with van der Waals surface area (Å²) in [6.07, 6.45) is 2.75. The average molecular weight is 264 g/mol. The first-order valence-electron chi connectivity index (χ1n) is 7.10. The van der Waals surface area contributed by atoms with Gasteiger partial charge in [0, 0.05) is 18.8 Å². The fourth-order valence-corrected chi connectivity index (χ4v) is 1.42. The quantitative estimate of drug-likeness (QED) is 0.534. The van der Waals surface area contributed by atoms with Crippen molar-refractivity contribution in [1.29, 1.82) is 0 Å². The highest BCUT2D eigenvalue weighted by atomic mass is 16.6. The molecule has 0 aliphatic heterocycles. The highest BCUT2D eigenvalue weighted by molar-refractivity contribution is 6.61. The molecule has 3 nitrogen and oxygen atoms in total. The van der Waals surface area contributed by atoms with Gasteiger partial charge in [0.15, 0.2) is 0 Å². The monoisotopic (exact) mass is 264 g/mol. The lowest BCUT2D eigenvalue weighted by Crippen LogP contribution is -2.37. The molecule has 0 N–H and O–H groups in total. The molecule has 4 heteroatoms.